The smallest absolute Gasteiger partial charge is 0.176 e. The molecule has 1 rings (SSSR count). The molecule has 0 bridgehead atoms. The van der Waals surface area contributed by atoms with E-state index in [1.165, 1.54) is 0 Å². The minimum absolute atomic E-state index is 0.141. The third-order valence-corrected chi connectivity index (χ3v) is 2.65. The molecule has 0 amide bonds. The standard InChI is InChI=1S/C13H19NO2/c1-4-14(5-2)10-13(15)11-7-6-8-12(9-11)16-3/h6-9H,4-5,10H2,1-3H3. The van der Waals surface area contributed by atoms with Crippen LogP contribution in [0.1, 0.15) is 24.2 Å². The lowest BCUT2D eigenvalue weighted by molar-refractivity contribution is 0.0937. The Bertz CT molecular complexity index is 346. The highest BCUT2D eigenvalue weighted by Gasteiger charge is 2.10. The number of ketones is 1. The van der Waals surface area contributed by atoms with Gasteiger partial charge in [-0.15, -0.1) is 0 Å². The van der Waals surface area contributed by atoms with Gasteiger partial charge in [-0.3, -0.25) is 9.69 Å². The molecule has 3 nitrogen and oxygen atoms in total. The van der Waals surface area contributed by atoms with E-state index in [-0.39, 0.29) is 5.78 Å². The molecule has 3 heteroatoms. The largest absolute Gasteiger partial charge is 0.497 e. The fourth-order valence-electron chi connectivity index (χ4n) is 1.54. The van der Waals surface area contributed by atoms with Gasteiger partial charge in [0.25, 0.3) is 0 Å². The van der Waals surface area contributed by atoms with Gasteiger partial charge in [0.2, 0.25) is 0 Å². The summed E-state index contributed by atoms with van der Waals surface area (Å²) in [5.74, 6) is 0.869. The summed E-state index contributed by atoms with van der Waals surface area (Å²) in [6, 6.07) is 7.29. The van der Waals surface area contributed by atoms with Crippen molar-refractivity contribution >= 4 is 5.78 Å². The van der Waals surface area contributed by atoms with Gasteiger partial charge < -0.3 is 4.74 Å². The van der Waals surface area contributed by atoms with Crippen molar-refractivity contribution in [3.63, 3.8) is 0 Å². The van der Waals surface area contributed by atoms with Crippen molar-refractivity contribution in [2.24, 2.45) is 0 Å². The van der Waals surface area contributed by atoms with Crippen LogP contribution in [-0.4, -0.2) is 37.4 Å². The number of Topliss-reactive ketones (excluding diaryl/α,β-unsaturated/α-hetero) is 1. The van der Waals surface area contributed by atoms with Crippen LogP contribution in [0.25, 0.3) is 0 Å². The predicted molar refractivity (Wildman–Crippen MR) is 65.1 cm³/mol. The molecule has 0 aliphatic carbocycles. The second kappa shape index (κ2) is 6.28. The molecule has 0 heterocycles. The fourth-order valence-corrected chi connectivity index (χ4v) is 1.54. The van der Waals surface area contributed by atoms with Gasteiger partial charge in [0, 0.05) is 5.56 Å². The first-order chi connectivity index (χ1) is 7.71. The Morgan fingerprint density at radius 2 is 2.00 bits per heavy atom. The summed E-state index contributed by atoms with van der Waals surface area (Å²) < 4.78 is 5.10. The maximum absolute atomic E-state index is 11.9. The van der Waals surface area contributed by atoms with Crippen LogP contribution in [0, 0.1) is 0 Å². The van der Waals surface area contributed by atoms with Gasteiger partial charge in [0.15, 0.2) is 5.78 Å². The highest BCUT2D eigenvalue weighted by molar-refractivity contribution is 5.97. The van der Waals surface area contributed by atoms with Crippen molar-refractivity contribution in [1.29, 1.82) is 0 Å². The summed E-state index contributed by atoms with van der Waals surface area (Å²) in [5, 5.41) is 0. The maximum atomic E-state index is 11.9. The minimum Gasteiger partial charge on any atom is -0.497 e. The van der Waals surface area contributed by atoms with Crippen molar-refractivity contribution in [2.75, 3.05) is 26.7 Å². The molecule has 16 heavy (non-hydrogen) atoms. The van der Waals surface area contributed by atoms with E-state index in [0.29, 0.717) is 12.1 Å². The number of methoxy groups -OCH3 is 1. The van der Waals surface area contributed by atoms with Gasteiger partial charge in [0.05, 0.1) is 13.7 Å². The number of carbonyl (C=O) groups excluding carboxylic acids is 1. The van der Waals surface area contributed by atoms with E-state index in [1.807, 2.05) is 18.2 Å². The molecule has 0 saturated heterocycles. The molecule has 1 aromatic carbocycles. The Labute approximate surface area is 97.0 Å². The van der Waals surface area contributed by atoms with Crippen molar-refractivity contribution < 1.29 is 9.53 Å². The van der Waals surface area contributed by atoms with Crippen molar-refractivity contribution in [2.45, 2.75) is 13.8 Å². The number of ether oxygens (including phenoxy) is 1. The van der Waals surface area contributed by atoms with Crippen molar-refractivity contribution in [3.8, 4) is 5.75 Å². The van der Waals surface area contributed by atoms with Gasteiger partial charge in [0.1, 0.15) is 5.75 Å². The van der Waals surface area contributed by atoms with Gasteiger partial charge in [-0.2, -0.15) is 0 Å². The molecule has 0 radical (unpaired) electrons. The molecule has 0 saturated carbocycles. The molecule has 0 aliphatic rings. The Balaban J connectivity index is 2.72. The molecular formula is C13H19NO2. The second-order valence-corrected chi connectivity index (χ2v) is 3.62. The number of hydrogen-bond donors (Lipinski definition) is 0. The first-order valence-electron chi connectivity index (χ1n) is 5.60. The zero-order chi connectivity index (χ0) is 12.0. The van der Waals surface area contributed by atoms with E-state index < -0.39 is 0 Å². The molecular weight excluding hydrogens is 202 g/mol. The summed E-state index contributed by atoms with van der Waals surface area (Å²) in [5.41, 5.74) is 0.714. The summed E-state index contributed by atoms with van der Waals surface area (Å²) in [6.45, 7) is 6.38. The third-order valence-electron chi connectivity index (χ3n) is 2.65. The van der Waals surface area contributed by atoms with Crippen LogP contribution in [0.2, 0.25) is 0 Å². The van der Waals surface area contributed by atoms with Gasteiger partial charge in [-0.1, -0.05) is 26.0 Å². The minimum atomic E-state index is 0.141. The lowest BCUT2D eigenvalue weighted by atomic mass is 10.1. The SMILES string of the molecule is CCN(CC)CC(=O)c1cccc(OC)c1. The molecule has 1 aromatic rings. The Morgan fingerprint density at radius 3 is 2.56 bits per heavy atom. The quantitative estimate of drug-likeness (QED) is 0.690. The summed E-state index contributed by atoms with van der Waals surface area (Å²) in [4.78, 5) is 14.0. The second-order valence-electron chi connectivity index (χ2n) is 3.62. The molecule has 0 aromatic heterocycles. The van der Waals surface area contributed by atoms with Crippen molar-refractivity contribution in [1.82, 2.24) is 4.90 Å². The summed E-state index contributed by atoms with van der Waals surface area (Å²) in [7, 11) is 1.61. The summed E-state index contributed by atoms with van der Waals surface area (Å²) in [6.07, 6.45) is 0. The predicted octanol–water partition coefficient (Wildman–Crippen LogP) is 2.22. The lowest BCUT2D eigenvalue weighted by Gasteiger charge is -2.16. The molecule has 0 atom stereocenters. The van der Waals surface area contributed by atoms with Gasteiger partial charge in [-0.25, -0.2) is 0 Å². The van der Waals surface area contributed by atoms with Crippen LogP contribution >= 0.6 is 0 Å². The first kappa shape index (κ1) is 12.7. The van der Waals surface area contributed by atoms with E-state index in [9.17, 15) is 4.79 Å². The number of hydrogen-bond acceptors (Lipinski definition) is 3. The molecule has 0 fully saturated rings. The monoisotopic (exact) mass is 221 g/mol. The van der Waals surface area contributed by atoms with Gasteiger partial charge in [-0.05, 0) is 25.2 Å². The Hall–Kier alpha value is -1.35. The average molecular weight is 221 g/mol. The summed E-state index contributed by atoms with van der Waals surface area (Å²) >= 11 is 0. The highest BCUT2D eigenvalue weighted by Crippen LogP contribution is 2.13. The zero-order valence-electron chi connectivity index (χ0n) is 10.2. The van der Waals surface area contributed by atoms with Crippen LogP contribution in [0.5, 0.6) is 5.75 Å². The topological polar surface area (TPSA) is 29.5 Å². The number of nitrogens with zero attached hydrogens (tertiary/aromatic N) is 1. The van der Waals surface area contributed by atoms with Gasteiger partial charge >= 0.3 is 0 Å². The van der Waals surface area contributed by atoms with E-state index in [2.05, 4.69) is 18.7 Å². The molecule has 0 unspecified atom stereocenters. The van der Waals surface area contributed by atoms with E-state index in [1.54, 1.807) is 13.2 Å². The Morgan fingerprint density at radius 1 is 1.31 bits per heavy atom. The number of likely N-dealkylation sites (N-methyl/N-ethyl adjacent to an activating group) is 1. The van der Waals surface area contributed by atoms with E-state index >= 15 is 0 Å². The maximum Gasteiger partial charge on any atom is 0.176 e. The molecule has 0 aliphatic heterocycles. The van der Waals surface area contributed by atoms with Crippen LogP contribution in [0.15, 0.2) is 24.3 Å². The zero-order valence-corrected chi connectivity index (χ0v) is 10.2. The van der Waals surface area contributed by atoms with Crippen LogP contribution < -0.4 is 4.74 Å². The first-order valence-corrected chi connectivity index (χ1v) is 5.60. The third kappa shape index (κ3) is 3.35. The highest BCUT2D eigenvalue weighted by atomic mass is 16.5. The normalized spacial score (nSPS) is 10.5. The Kier molecular flexibility index (Phi) is 4.99. The number of benzene rings is 1. The fraction of sp³-hybridized carbons (Fsp3) is 0.462. The average Bonchev–Trinajstić information content (AvgIpc) is 2.35. The van der Waals surface area contributed by atoms with Crippen LogP contribution in [0.4, 0.5) is 0 Å². The van der Waals surface area contributed by atoms with Crippen LogP contribution in [0.3, 0.4) is 0 Å². The van der Waals surface area contributed by atoms with E-state index in [4.69, 9.17) is 4.74 Å². The van der Waals surface area contributed by atoms with E-state index in [0.717, 1.165) is 18.8 Å². The molecule has 88 valence electrons. The number of rotatable bonds is 6. The number of carbonyl (C=O) groups is 1. The lowest BCUT2D eigenvalue weighted by Crippen LogP contribution is -2.29. The van der Waals surface area contributed by atoms with Crippen LogP contribution in [-0.2, 0) is 0 Å². The molecule has 0 N–H and O–H groups in total. The molecule has 0 spiro atoms. The van der Waals surface area contributed by atoms with Crippen molar-refractivity contribution in [3.05, 3.63) is 29.8 Å².